The van der Waals surface area contributed by atoms with Crippen molar-refractivity contribution in [2.45, 2.75) is 10.6 Å². The fourth-order valence-corrected chi connectivity index (χ4v) is 3.16. The average Bonchev–Trinajstić information content (AvgIpc) is 2.41. The highest BCUT2D eigenvalue weighted by molar-refractivity contribution is 7.84. The average molecular weight is 311 g/mol. The van der Waals surface area contributed by atoms with Gasteiger partial charge in [0, 0.05) is 22.8 Å². The minimum atomic E-state index is -1.41. The van der Waals surface area contributed by atoms with Crippen molar-refractivity contribution < 1.29 is 9.13 Å². The fourth-order valence-electron chi connectivity index (χ4n) is 1.69. The molecule has 104 valence electrons. The molecule has 0 aliphatic heterocycles. The van der Waals surface area contributed by atoms with Gasteiger partial charge in [-0.05, 0) is 23.8 Å². The van der Waals surface area contributed by atoms with Crippen LogP contribution in [0.25, 0.3) is 0 Å². The molecule has 2 N–H and O–H groups in total. The summed E-state index contributed by atoms with van der Waals surface area (Å²) in [4.78, 5) is 10.6. The Morgan fingerprint density at radius 2 is 2.00 bits per heavy atom. The minimum absolute atomic E-state index is 0.0291. The van der Waals surface area contributed by atoms with E-state index < -0.39 is 15.7 Å². The third-order valence-corrected chi connectivity index (χ3v) is 4.31. The quantitative estimate of drug-likeness (QED) is 0.534. The number of benzene rings is 2. The molecule has 2 aromatic rings. The Bertz CT molecular complexity index is 691. The van der Waals surface area contributed by atoms with Crippen molar-refractivity contribution in [1.82, 2.24) is 0 Å². The van der Waals surface area contributed by atoms with E-state index in [1.54, 1.807) is 30.3 Å². The zero-order valence-electron chi connectivity index (χ0n) is 10.3. The number of anilines is 1. The van der Waals surface area contributed by atoms with Gasteiger partial charge >= 0.3 is 0 Å². The molecule has 0 heterocycles. The number of nitrogens with two attached hydrogens (primary N) is 1. The smallest absolute Gasteiger partial charge is 0.269 e. The summed E-state index contributed by atoms with van der Waals surface area (Å²) in [6.45, 7) is 0. The van der Waals surface area contributed by atoms with Crippen LogP contribution in [0.2, 0.25) is 5.02 Å². The number of nitro groups is 1. The number of halogens is 1. The summed E-state index contributed by atoms with van der Waals surface area (Å²) >= 11 is 5.85. The third kappa shape index (κ3) is 3.34. The Morgan fingerprint density at radius 3 is 2.70 bits per heavy atom. The first-order valence-corrected chi connectivity index (χ1v) is 7.34. The Labute approximate surface area is 123 Å². The largest absolute Gasteiger partial charge is 0.398 e. The summed E-state index contributed by atoms with van der Waals surface area (Å²) in [6, 6.07) is 10.8. The van der Waals surface area contributed by atoms with Crippen LogP contribution in [0, 0.1) is 10.1 Å². The number of nitro benzene ring substituents is 1. The third-order valence-electron chi connectivity index (χ3n) is 2.64. The molecule has 2 rings (SSSR count). The lowest BCUT2D eigenvalue weighted by atomic mass is 10.2. The molecule has 1 unspecified atom stereocenters. The maximum absolute atomic E-state index is 12.3. The Balaban J connectivity index is 2.25. The van der Waals surface area contributed by atoms with Gasteiger partial charge in [-0.2, -0.15) is 0 Å². The molecule has 0 amide bonds. The summed E-state index contributed by atoms with van der Waals surface area (Å²) in [7, 11) is -1.41. The minimum Gasteiger partial charge on any atom is -0.398 e. The van der Waals surface area contributed by atoms with E-state index >= 15 is 0 Å². The molecule has 1 atom stereocenters. The van der Waals surface area contributed by atoms with Crippen LogP contribution in [0.4, 0.5) is 11.4 Å². The van der Waals surface area contributed by atoms with Gasteiger partial charge in [-0.25, -0.2) is 0 Å². The number of nitrogen functional groups attached to an aromatic ring is 1. The molecular weight excluding hydrogens is 300 g/mol. The molecule has 0 saturated heterocycles. The van der Waals surface area contributed by atoms with Crippen molar-refractivity contribution in [3.63, 3.8) is 0 Å². The standard InChI is InChI=1S/C13H11ClN2O3S/c14-10-4-5-12(15)13(7-10)20(19)8-9-2-1-3-11(6-9)16(17)18/h1-7H,8,15H2. The number of non-ortho nitro benzene ring substituents is 1. The molecule has 0 aliphatic carbocycles. The normalized spacial score (nSPS) is 12.1. The van der Waals surface area contributed by atoms with E-state index in [1.165, 1.54) is 12.1 Å². The monoisotopic (exact) mass is 310 g/mol. The van der Waals surface area contributed by atoms with Gasteiger partial charge in [0.1, 0.15) is 0 Å². The second-order valence-corrected chi connectivity index (χ2v) is 5.96. The van der Waals surface area contributed by atoms with Crippen molar-refractivity contribution in [3.05, 3.63) is 63.2 Å². The topological polar surface area (TPSA) is 86.2 Å². The van der Waals surface area contributed by atoms with Crippen LogP contribution >= 0.6 is 11.6 Å². The van der Waals surface area contributed by atoms with Crippen molar-refractivity contribution in [1.29, 1.82) is 0 Å². The van der Waals surface area contributed by atoms with Crippen molar-refractivity contribution in [2.24, 2.45) is 0 Å². The molecule has 0 bridgehead atoms. The number of rotatable bonds is 4. The van der Waals surface area contributed by atoms with E-state index in [0.29, 0.717) is 21.2 Å². The zero-order chi connectivity index (χ0) is 14.7. The molecule has 0 saturated carbocycles. The van der Waals surface area contributed by atoms with Crippen LogP contribution in [0.1, 0.15) is 5.56 Å². The first kappa shape index (κ1) is 14.5. The maximum atomic E-state index is 12.3. The van der Waals surface area contributed by atoms with E-state index in [9.17, 15) is 14.3 Å². The number of hydrogen-bond acceptors (Lipinski definition) is 4. The van der Waals surface area contributed by atoms with Gasteiger partial charge in [-0.1, -0.05) is 23.7 Å². The van der Waals surface area contributed by atoms with Gasteiger partial charge in [0.15, 0.2) is 0 Å². The molecule has 0 radical (unpaired) electrons. The van der Waals surface area contributed by atoms with Crippen molar-refractivity contribution in [2.75, 3.05) is 5.73 Å². The number of hydrogen-bond donors (Lipinski definition) is 1. The second kappa shape index (κ2) is 6.02. The molecule has 7 heteroatoms. The molecular formula is C13H11ClN2O3S. The Morgan fingerprint density at radius 1 is 1.25 bits per heavy atom. The van der Waals surface area contributed by atoms with Crippen LogP contribution in [-0.2, 0) is 16.6 Å². The van der Waals surface area contributed by atoms with Gasteiger partial charge in [0.05, 0.1) is 26.4 Å². The summed E-state index contributed by atoms with van der Waals surface area (Å²) < 4.78 is 12.3. The molecule has 0 aromatic heterocycles. The first-order valence-electron chi connectivity index (χ1n) is 5.64. The van der Waals surface area contributed by atoms with E-state index in [4.69, 9.17) is 17.3 Å². The lowest BCUT2D eigenvalue weighted by molar-refractivity contribution is -0.384. The lowest BCUT2D eigenvalue weighted by Gasteiger charge is -2.06. The summed E-state index contributed by atoms with van der Waals surface area (Å²) in [5, 5.41) is 11.1. The van der Waals surface area contributed by atoms with Gasteiger partial charge in [-0.15, -0.1) is 0 Å². The molecule has 0 fully saturated rings. The van der Waals surface area contributed by atoms with Crippen LogP contribution in [-0.4, -0.2) is 9.13 Å². The van der Waals surface area contributed by atoms with Gasteiger partial charge in [-0.3, -0.25) is 14.3 Å². The van der Waals surface area contributed by atoms with Gasteiger partial charge < -0.3 is 5.73 Å². The predicted molar refractivity (Wildman–Crippen MR) is 79.1 cm³/mol. The summed E-state index contributed by atoms with van der Waals surface area (Å²) in [6.07, 6.45) is 0. The van der Waals surface area contributed by atoms with Crippen molar-refractivity contribution >= 4 is 33.8 Å². The maximum Gasteiger partial charge on any atom is 0.269 e. The molecule has 20 heavy (non-hydrogen) atoms. The van der Waals surface area contributed by atoms with Crippen molar-refractivity contribution in [3.8, 4) is 0 Å². The lowest BCUT2D eigenvalue weighted by Crippen LogP contribution is -2.01. The van der Waals surface area contributed by atoms with E-state index in [1.807, 2.05) is 0 Å². The van der Waals surface area contributed by atoms with Crippen LogP contribution in [0.15, 0.2) is 47.4 Å². The Hall–Kier alpha value is -1.92. The van der Waals surface area contributed by atoms with Gasteiger partial charge in [0.25, 0.3) is 5.69 Å². The second-order valence-electron chi connectivity index (χ2n) is 4.10. The van der Waals surface area contributed by atoms with Crippen LogP contribution in [0.3, 0.4) is 0 Å². The SMILES string of the molecule is Nc1ccc(Cl)cc1S(=O)Cc1cccc([N+](=O)[O-])c1. The molecule has 5 nitrogen and oxygen atoms in total. The summed E-state index contributed by atoms with van der Waals surface area (Å²) in [5.74, 6) is 0.145. The predicted octanol–water partition coefficient (Wildman–Crippen LogP) is 3.14. The molecule has 0 spiro atoms. The van der Waals surface area contributed by atoms with Gasteiger partial charge in [0.2, 0.25) is 0 Å². The highest BCUT2D eigenvalue weighted by Gasteiger charge is 2.12. The highest BCUT2D eigenvalue weighted by Crippen LogP contribution is 2.24. The highest BCUT2D eigenvalue weighted by atomic mass is 35.5. The first-order chi connectivity index (χ1) is 9.47. The zero-order valence-corrected chi connectivity index (χ0v) is 11.9. The molecule has 0 aliphatic rings. The summed E-state index contributed by atoms with van der Waals surface area (Å²) in [5.41, 5.74) is 6.73. The van der Waals surface area contributed by atoms with E-state index in [0.717, 1.165) is 0 Å². The number of nitrogens with zero attached hydrogens (tertiary/aromatic N) is 1. The van der Waals surface area contributed by atoms with E-state index in [2.05, 4.69) is 0 Å². The molecule has 2 aromatic carbocycles. The fraction of sp³-hybridized carbons (Fsp3) is 0.0769. The Kier molecular flexibility index (Phi) is 4.36. The van der Waals surface area contributed by atoms with Crippen LogP contribution in [0.5, 0.6) is 0 Å². The van der Waals surface area contributed by atoms with E-state index in [-0.39, 0.29) is 11.4 Å². The van der Waals surface area contributed by atoms with Crippen LogP contribution < -0.4 is 5.73 Å².